The van der Waals surface area contributed by atoms with Crippen molar-refractivity contribution in [1.82, 2.24) is 15.2 Å². The molecule has 8 heteroatoms. The van der Waals surface area contributed by atoms with Crippen LogP contribution in [0.3, 0.4) is 0 Å². The van der Waals surface area contributed by atoms with Crippen molar-refractivity contribution in [3.05, 3.63) is 47.0 Å². The number of H-pyrrole nitrogens is 1. The number of aromatic amines is 1. The maximum atomic E-state index is 8.68. The number of benzene rings is 1. The average molecular weight is 312 g/mol. The van der Waals surface area contributed by atoms with Gasteiger partial charge in [-0.2, -0.15) is 10.4 Å². The monoisotopic (exact) mass is 312 g/mol. The Morgan fingerprint density at radius 1 is 1.35 bits per heavy atom. The minimum absolute atomic E-state index is 0.182. The molecule has 1 heterocycles. The molecule has 0 radical (unpaired) electrons. The molecule has 8 nitrogen and oxygen atoms in total. The first kappa shape index (κ1) is 16.2. The predicted molar refractivity (Wildman–Crippen MR) is 83.7 cm³/mol. The second kappa shape index (κ2) is 7.70. The normalized spacial score (nSPS) is 11.9. The summed E-state index contributed by atoms with van der Waals surface area (Å²) in [5.41, 5.74) is 2.31. The minimum atomic E-state index is 0.182. The van der Waals surface area contributed by atoms with Crippen LogP contribution in [0.1, 0.15) is 29.7 Å². The van der Waals surface area contributed by atoms with Crippen LogP contribution in [0.5, 0.6) is 0 Å². The van der Waals surface area contributed by atoms with Crippen LogP contribution in [0.15, 0.2) is 34.6 Å². The SMILES string of the molecule is CON=C(c1n[nH]c(C)n1)c1ccccc1CO/N=C(\C)C#N. The van der Waals surface area contributed by atoms with Crippen molar-refractivity contribution < 1.29 is 9.68 Å². The second-order valence-corrected chi connectivity index (χ2v) is 4.59. The second-order valence-electron chi connectivity index (χ2n) is 4.59. The molecule has 0 atom stereocenters. The highest BCUT2D eigenvalue weighted by atomic mass is 16.6. The third-order valence-corrected chi connectivity index (χ3v) is 2.85. The fourth-order valence-electron chi connectivity index (χ4n) is 1.85. The highest BCUT2D eigenvalue weighted by Crippen LogP contribution is 2.15. The Kier molecular flexibility index (Phi) is 5.41. The fourth-order valence-corrected chi connectivity index (χ4v) is 1.85. The molecule has 2 rings (SSSR count). The molecule has 2 aromatic rings. The van der Waals surface area contributed by atoms with Gasteiger partial charge >= 0.3 is 0 Å². The number of aryl methyl sites for hydroxylation is 1. The first-order valence-corrected chi connectivity index (χ1v) is 6.81. The van der Waals surface area contributed by atoms with Crippen LogP contribution >= 0.6 is 0 Å². The summed E-state index contributed by atoms with van der Waals surface area (Å²) in [5, 5.41) is 23.3. The highest BCUT2D eigenvalue weighted by Gasteiger charge is 2.17. The molecule has 0 bridgehead atoms. The van der Waals surface area contributed by atoms with Crippen molar-refractivity contribution in [1.29, 1.82) is 5.26 Å². The molecule has 0 fully saturated rings. The van der Waals surface area contributed by atoms with Crippen molar-refractivity contribution in [2.75, 3.05) is 7.11 Å². The molecule has 1 aromatic heterocycles. The largest absolute Gasteiger partial charge is 0.399 e. The number of nitrogens with one attached hydrogen (secondary N) is 1. The Balaban J connectivity index is 2.34. The molecule has 0 amide bonds. The van der Waals surface area contributed by atoms with E-state index in [1.807, 2.05) is 30.3 Å². The lowest BCUT2D eigenvalue weighted by molar-refractivity contribution is 0.130. The maximum absolute atomic E-state index is 8.68. The van der Waals surface area contributed by atoms with E-state index in [1.165, 1.54) is 7.11 Å². The van der Waals surface area contributed by atoms with Crippen molar-refractivity contribution in [3.8, 4) is 6.07 Å². The van der Waals surface area contributed by atoms with Crippen LogP contribution in [-0.4, -0.2) is 33.7 Å². The Morgan fingerprint density at radius 2 is 2.13 bits per heavy atom. The number of rotatable bonds is 6. The molecule has 118 valence electrons. The van der Waals surface area contributed by atoms with Gasteiger partial charge in [0.25, 0.3) is 0 Å². The molecule has 0 spiro atoms. The van der Waals surface area contributed by atoms with Crippen LogP contribution < -0.4 is 0 Å². The topological polar surface area (TPSA) is 109 Å². The predicted octanol–water partition coefficient (Wildman–Crippen LogP) is 1.93. The lowest BCUT2D eigenvalue weighted by Gasteiger charge is -2.08. The van der Waals surface area contributed by atoms with Crippen LogP contribution in [0.25, 0.3) is 0 Å². The van der Waals surface area contributed by atoms with E-state index < -0.39 is 0 Å². The van der Waals surface area contributed by atoms with Gasteiger partial charge in [0, 0.05) is 11.1 Å². The van der Waals surface area contributed by atoms with Crippen LogP contribution in [0.4, 0.5) is 0 Å². The third-order valence-electron chi connectivity index (χ3n) is 2.85. The quantitative estimate of drug-likeness (QED) is 0.647. The summed E-state index contributed by atoms with van der Waals surface area (Å²) in [7, 11) is 1.46. The molecule has 1 aromatic carbocycles. The zero-order chi connectivity index (χ0) is 16.7. The van der Waals surface area contributed by atoms with Gasteiger partial charge < -0.3 is 9.68 Å². The van der Waals surface area contributed by atoms with E-state index in [9.17, 15) is 0 Å². The summed E-state index contributed by atoms with van der Waals surface area (Å²) in [6, 6.07) is 9.37. The van der Waals surface area contributed by atoms with E-state index in [2.05, 4.69) is 25.5 Å². The molecule has 0 unspecified atom stereocenters. The van der Waals surface area contributed by atoms with Gasteiger partial charge in [-0.05, 0) is 13.8 Å². The Hall–Kier alpha value is -3.21. The molecule has 23 heavy (non-hydrogen) atoms. The van der Waals surface area contributed by atoms with E-state index in [4.69, 9.17) is 14.9 Å². The van der Waals surface area contributed by atoms with E-state index >= 15 is 0 Å². The van der Waals surface area contributed by atoms with Gasteiger partial charge in [-0.15, -0.1) is 0 Å². The molecule has 0 aliphatic carbocycles. The van der Waals surface area contributed by atoms with Gasteiger partial charge in [-0.3, -0.25) is 5.10 Å². The molecule has 1 N–H and O–H groups in total. The van der Waals surface area contributed by atoms with Crippen LogP contribution in [0.2, 0.25) is 0 Å². The van der Waals surface area contributed by atoms with E-state index in [0.29, 0.717) is 17.4 Å². The van der Waals surface area contributed by atoms with E-state index in [1.54, 1.807) is 13.8 Å². The maximum Gasteiger partial charge on any atom is 0.203 e. The average Bonchev–Trinajstić information content (AvgIpc) is 2.99. The van der Waals surface area contributed by atoms with Gasteiger partial charge in [0.05, 0.1) is 0 Å². The van der Waals surface area contributed by atoms with Crippen molar-refractivity contribution in [2.24, 2.45) is 10.3 Å². The van der Waals surface area contributed by atoms with Crippen LogP contribution in [-0.2, 0) is 16.3 Å². The zero-order valence-electron chi connectivity index (χ0n) is 13.1. The number of aromatic nitrogens is 3. The highest BCUT2D eigenvalue weighted by molar-refractivity contribution is 6.11. The van der Waals surface area contributed by atoms with Crippen molar-refractivity contribution in [3.63, 3.8) is 0 Å². The first-order valence-electron chi connectivity index (χ1n) is 6.81. The molecule has 0 aliphatic heterocycles. The van der Waals surface area contributed by atoms with E-state index in [-0.39, 0.29) is 12.3 Å². The smallest absolute Gasteiger partial charge is 0.203 e. The van der Waals surface area contributed by atoms with Gasteiger partial charge in [0.15, 0.2) is 11.4 Å². The Bertz CT molecular complexity index is 772. The summed E-state index contributed by atoms with van der Waals surface area (Å²) < 4.78 is 0. The van der Waals surface area contributed by atoms with E-state index in [0.717, 1.165) is 11.1 Å². The number of hydrogen-bond donors (Lipinski definition) is 1. The molecule has 0 saturated heterocycles. The number of hydrogen-bond acceptors (Lipinski definition) is 7. The van der Waals surface area contributed by atoms with Crippen molar-refractivity contribution >= 4 is 11.4 Å². The summed E-state index contributed by atoms with van der Waals surface area (Å²) in [4.78, 5) is 14.4. The lowest BCUT2D eigenvalue weighted by Crippen LogP contribution is -2.10. The van der Waals surface area contributed by atoms with Crippen LogP contribution in [0, 0.1) is 18.3 Å². The number of oxime groups is 2. The molecule has 0 saturated carbocycles. The summed E-state index contributed by atoms with van der Waals surface area (Å²) in [6.45, 7) is 3.55. The van der Waals surface area contributed by atoms with Gasteiger partial charge in [-0.25, -0.2) is 4.98 Å². The summed E-state index contributed by atoms with van der Waals surface area (Å²) in [6.07, 6.45) is 0. The van der Waals surface area contributed by atoms with Gasteiger partial charge in [0.1, 0.15) is 25.6 Å². The Labute approximate surface area is 133 Å². The summed E-state index contributed by atoms with van der Waals surface area (Å²) in [5.74, 6) is 1.10. The molecule has 0 aliphatic rings. The zero-order valence-corrected chi connectivity index (χ0v) is 13.1. The number of nitriles is 1. The summed E-state index contributed by atoms with van der Waals surface area (Å²) >= 11 is 0. The third kappa shape index (κ3) is 4.14. The standard InChI is InChI=1S/C15H16N6O2/c1-10(8-16)20-23-9-12-6-4-5-7-13(12)14(21-22-3)15-17-11(2)18-19-15/h4-7H,9H2,1-3H3,(H,17,18,19)/b20-10+,21-14?. The minimum Gasteiger partial charge on any atom is -0.399 e. The molecular weight excluding hydrogens is 296 g/mol. The number of nitrogens with zero attached hydrogens (tertiary/aromatic N) is 5. The first-order chi connectivity index (χ1) is 11.2. The van der Waals surface area contributed by atoms with Gasteiger partial charge in [0.2, 0.25) is 5.82 Å². The fraction of sp³-hybridized carbons (Fsp3) is 0.267. The van der Waals surface area contributed by atoms with Crippen molar-refractivity contribution in [2.45, 2.75) is 20.5 Å². The Morgan fingerprint density at radius 3 is 2.78 bits per heavy atom. The molecular formula is C15H16N6O2. The lowest BCUT2D eigenvalue weighted by atomic mass is 10.0. The van der Waals surface area contributed by atoms with Gasteiger partial charge in [-0.1, -0.05) is 34.6 Å².